The van der Waals surface area contributed by atoms with Crippen LogP contribution in [-0.2, 0) is 16.7 Å². The third kappa shape index (κ3) is 3.75. The average molecular weight is 385 g/mol. The number of aromatic nitrogens is 1. The van der Waals surface area contributed by atoms with Gasteiger partial charge in [0.05, 0.1) is 22.8 Å². The van der Waals surface area contributed by atoms with Crippen LogP contribution in [0.1, 0.15) is 6.92 Å². The fourth-order valence-corrected chi connectivity index (χ4v) is 3.97. The van der Waals surface area contributed by atoms with Crippen LogP contribution in [0.5, 0.6) is 0 Å². The molecule has 3 rings (SSSR count). The van der Waals surface area contributed by atoms with Crippen molar-refractivity contribution >= 4 is 32.8 Å². The van der Waals surface area contributed by atoms with Crippen LogP contribution < -0.4 is 4.80 Å². The monoisotopic (exact) mass is 385 g/mol. The minimum absolute atomic E-state index is 0.164. The second-order valence-electron chi connectivity index (χ2n) is 5.39. The summed E-state index contributed by atoms with van der Waals surface area (Å²) in [7, 11) is -4.21. The number of hydrogen-bond donors (Lipinski definition) is 1. The summed E-state index contributed by atoms with van der Waals surface area (Å²) in [6.45, 7) is 9.86. The van der Waals surface area contributed by atoms with E-state index >= 15 is 0 Å². The van der Waals surface area contributed by atoms with Crippen LogP contribution in [0.15, 0.2) is 63.8 Å². The lowest BCUT2D eigenvalue weighted by Gasteiger charge is -2.06. The van der Waals surface area contributed by atoms with Crippen LogP contribution in [0.25, 0.3) is 16.1 Å². The second kappa shape index (κ2) is 7.25. The third-order valence-corrected chi connectivity index (χ3v) is 5.48. The van der Waals surface area contributed by atoms with Crippen LogP contribution >= 0.6 is 11.3 Å². The van der Waals surface area contributed by atoms with Crippen molar-refractivity contribution in [2.24, 2.45) is 4.99 Å². The van der Waals surface area contributed by atoms with Crippen molar-refractivity contribution in [3.8, 4) is 11.3 Å². The molecule has 6 nitrogen and oxygen atoms in total. The van der Waals surface area contributed by atoms with E-state index in [4.69, 9.17) is 11.1 Å². The fourth-order valence-electron chi connectivity index (χ4n) is 2.49. The number of benzene rings is 2. The summed E-state index contributed by atoms with van der Waals surface area (Å²) < 4.78 is 33.3. The zero-order valence-electron chi connectivity index (χ0n) is 13.8. The number of rotatable bonds is 4. The van der Waals surface area contributed by atoms with Crippen molar-refractivity contribution in [3.05, 3.63) is 70.1 Å². The van der Waals surface area contributed by atoms with E-state index in [0.717, 1.165) is 16.1 Å². The van der Waals surface area contributed by atoms with Gasteiger partial charge in [0, 0.05) is 11.9 Å². The molecule has 0 atom stereocenters. The topological polar surface area (TPSA) is 76.0 Å². The molecular weight excluding hydrogens is 370 g/mol. The van der Waals surface area contributed by atoms with Gasteiger partial charge in [-0.2, -0.15) is 8.42 Å². The molecule has 0 spiro atoms. The first-order valence-corrected chi connectivity index (χ1v) is 10.0. The van der Waals surface area contributed by atoms with E-state index in [1.165, 1.54) is 23.5 Å². The summed E-state index contributed by atoms with van der Waals surface area (Å²) in [5.41, 5.74) is 3.08. The normalized spacial score (nSPS) is 12.1. The van der Waals surface area contributed by atoms with Gasteiger partial charge < -0.3 is 4.57 Å². The molecule has 1 N–H and O–H groups in total. The van der Waals surface area contributed by atoms with Gasteiger partial charge in [0.2, 0.25) is 0 Å². The molecule has 0 aliphatic carbocycles. The summed E-state index contributed by atoms with van der Waals surface area (Å²) in [6, 6.07) is 13.1. The van der Waals surface area contributed by atoms with E-state index in [2.05, 4.69) is 9.84 Å². The Kier molecular flexibility index (Phi) is 5.04. The molecule has 0 unspecified atom stereocenters. The van der Waals surface area contributed by atoms with Crippen molar-refractivity contribution < 1.29 is 13.0 Å². The predicted octanol–water partition coefficient (Wildman–Crippen LogP) is 4.27. The predicted molar refractivity (Wildman–Crippen MR) is 101 cm³/mol. The molecule has 0 saturated heterocycles. The molecule has 1 aromatic heterocycles. The maximum absolute atomic E-state index is 11.1. The third-order valence-electron chi connectivity index (χ3n) is 3.74. The lowest BCUT2D eigenvalue weighted by atomic mass is 10.1. The van der Waals surface area contributed by atoms with Gasteiger partial charge in [-0.15, -0.1) is 11.3 Å². The Morgan fingerprint density at radius 2 is 1.96 bits per heavy atom. The molecule has 26 heavy (non-hydrogen) atoms. The Hall–Kier alpha value is -2.73. The lowest BCUT2D eigenvalue weighted by Crippen LogP contribution is -2.14. The SMILES string of the molecule is [C-]#[N+]c1cccc(-c2csc(=Nc3ccc(S(=O)(=O)O)cc3)n2CC)c1. The Labute approximate surface area is 155 Å². The molecule has 0 aliphatic heterocycles. The molecule has 0 radical (unpaired) electrons. The second-order valence-corrected chi connectivity index (χ2v) is 7.65. The molecule has 2 aromatic carbocycles. The minimum Gasteiger partial charge on any atom is -0.317 e. The Bertz CT molecular complexity index is 1150. The zero-order valence-corrected chi connectivity index (χ0v) is 15.5. The van der Waals surface area contributed by atoms with Gasteiger partial charge >= 0.3 is 0 Å². The van der Waals surface area contributed by atoms with E-state index in [1.54, 1.807) is 18.2 Å². The van der Waals surface area contributed by atoms with E-state index in [-0.39, 0.29) is 4.90 Å². The van der Waals surface area contributed by atoms with E-state index in [0.29, 0.717) is 17.9 Å². The Balaban J connectivity index is 2.05. The highest BCUT2D eigenvalue weighted by Crippen LogP contribution is 2.25. The molecule has 0 aliphatic rings. The van der Waals surface area contributed by atoms with Crippen molar-refractivity contribution in [1.29, 1.82) is 0 Å². The number of nitrogens with zero attached hydrogens (tertiary/aromatic N) is 3. The van der Waals surface area contributed by atoms with Crippen LogP contribution in [-0.4, -0.2) is 17.5 Å². The first kappa shape index (κ1) is 18.1. The van der Waals surface area contributed by atoms with Crippen molar-refractivity contribution in [1.82, 2.24) is 4.57 Å². The largest absolute Gasteiger partial charge is 0.317 e. The standard InChI is InChI=1S/C18H15N3O3S2/c1-3-21-17(13-5-4-6-15(11-13)19-2)12-25-18(21)20-14-7-9-16(10-8-14)26(22,23)24/h4-12H,3H2,1H3,(H,22,23,24). The maximum atomic E-state index is 11.1. The van der Waals surface area contributed by atoms with Gasteiger partial charge in [0.1, 0.15) is 0 Å². The number of hydrogen-bond acceptors (Lipinski definition) is 4. The number of thiazole rings is 1. The highest BCUT2D eigenvalue weighted by Gasteiger charge is 2.09. The van der Waals surface area contributed by atoms with E-state index in [9.17, 15) is 8.42 Å². The lowest BCUT2D eigenvalue weighted by molar-refractivity contribution is 0.483. The minimum atomic E-state index is -4.21. The highest BCUT2D eigenvalue weighted by atomic mass is 32.2. The van der Waals surface area contributed by atoms with Crippen molar-refractivity contribution in [2.45, 2.75) is 18.4 Å². The summed E-state index contributed by atoms with van der Waals surface area (Å²) in [5, 5.41) is 1.98. The fraction of sp³-hybridized carbons (Fsp3) is 0.111. The van der Waals surface area contributed by atoms with Crippen LogP contribution in [0.4, 0.5) is 11.4 Å². The summed E-state index contributed by atoms with van der Waals surface area (Å²) in [6.07, 6.45) is 0. The van der Waals surface area contributed by atoms with Gasteiger partial charge in [-0.3, -0.25) is 4.55 Å². The highest BCUT2D eigenvalue weighted by molar-refractivity contribution is 7.85. The summed E-state index contributed by atoms with van der Waals surface area (Å²) in [4.78, 5) is 8.63. The molecule has 0 fully saturated rings. The van der Waals surface area contributed by atoms with Crippen molar-refractivity contribution in [2.75, 3.05) is 0 Å². The first-order valence-electron chi connectivity index (χ1n) is 7.71. The van der Waals surface area contributed by atoms with Gasteiger partial charge in [-0.05, 0) is 42.8 Å². The summed E-state index contributed by atoms with van der Waals surface area (Å²) >= 11 is 1.46. The maximum Gasteiger partial charge on any atom is 0.294 e. The smallest absolute Gasteiger partial charge is 0.294 e. The van der Waals surface area contributed by atoms with Gasteiger partial charge in [-0.1, -0.05) is 18.2 Å². The molecule has 3 aromatic rings. The molecule has 0 amide bonds. The van der Waals surface area contributed by atoms with Crippen molar-refractivity contribution in [3.63, 3.8) is 0 Å². The molecule has 0 saturated carbocycles. The Morgan fingerprint density at radius 1 is 1.23 bits per heavy atom. The summed E-state index contributed by atoms with van der Waals surface area (Å²) in [5.74, 6) is 0. The quantitative estimate of drug-likeness (QED) is 0.538. The van der Waals surface area contributed by atoms with Gasteiger partial charge in [0.15, 0.2) is 10.5 Å². The molecule has 132 valence electrons. The first-order chi connectivity index (χ1) is 12.4. The Morgan fingerprint density at radius 3 is 2.58 bits per heavy atom. The zero-order chi connectivity index (χ0) is 18.7. The van der Waals surface area contributed by atoms with Crippen LogP contribution in [0, 0.1) is 6.57 Å². The van der Waals surface area contributed by atoms with E-state index < -0.39 is 10.1 Å². The molecule has 0 bridgehead atoms. The molecule has 1 heterocycles. The van der Waals surface area contributed by atoms with Gasteiger partial charge in [-0.25, -0.2) is 9.84 Å². The molecule has 8 heteroatoms. The van der Waals surface area contributed by atoms with Gasteiger partial charge in [0.25, 0.3) is 10.1 Å². The average Bonchev–Trinajstić information content (AvgIpc) is 3.04. The van der Waals surface area contributed by atoms with Crippen LogP contribution in [0.2, 0.25) is 0 Å². The van der Waals surface area contributed by atoms with E-state index in [1.807, 2.05) is 35.1 Å². The molecular formula is C18H15N3O3S2. The van der Waals surface area contributed by atoms with Crippen LogP contribution in [0.3, 0.4) is 0 Å².